The van der Waals surface area contributed by atoms with E-state index in [9.17, 15) is 14.4 Å². The average molecular weight is 449 g/mol. The number of aryl methyl sites for hydroxylation is 2. The first kappa shape index (κ1) is 22.4. The Morgan fingerprint density at radius 3 is 2.61 bits per heavy atom. The van der Waals surface area contributed by atoms with Gasteiger partial charge in [0.25, 0.3) is 11.5 Å². The van der Waals surface area contributed by atoms with Crippen LogP contribution in [0.5, 0.6) is 0 Å². The predicted molar refractivity (Wildman–Crippen MR) is 124 cm³/mol. The molecule has 9 nitrogen and oxygen atoms in total. The highest BCUT2D eigenvalue weighted by atomic mass is 16.2. The second-order valence-corrected chi connectivity index (χ2v) is 8.48. The minimum Gasteiger partial charge on any atom is -0.340 e. The molecule has 4 rings (SSSR count). The molecular formula is C24H28N6O3. The smallest absolute Gasteiger partial charge is 0.270 e. The summed E-state index contributed by atoms with van der Waals surface area (Å²) in [4.78, 5) is 48.5. The van der Waals surface area contributed by atoms with E-state index in [1.807, 2.05) is 37.3 Å². The molecule has 2 N–H and O–H groups in total. The Morgan fingerprint density at radius 2 is 1.94 bits per heavy atom. The van der Waals surface area contributed by atoms with Gasteiger partial charge in [0.2, 0.25) is 5.91 Å². The van der Waals surface area contributed by atoms with Crippen molar-refractivity contribution in [2.24, 2.45) is 0 Å². The van der Waals surface area contributed by atoms with Crippen LogP contribution in [-0.4, -0.2) is 49.6 Å². The van der Waals surface area contributed by atoms with E-state index >= 15 is 0 Å². The maximum absolute atomic E-state index is 12.9. The van der Waals surface area contributed by atoms with Gasteiger partial charge in [0, 0.05) is 42.1 Å². The van der Waals surface area contributed by atoms with E-state index in [1.54, 1.807) is 24.9 Å². The molecule has 1 aliphatic rings. The summed E-state index contributed by atoms with van der Waals surface area (Å²) in [6, 6.07) is 9.23. The Balaban J connectivity index is 1.44. The SMILES string of the molecule is Cc1nc([C@@H]2CCCN(C(=O)Cn3[nH]c(C)c(C)c3=O)C2)ncc1C(=O)Nc1ccccc1. The van der Waals surface area contributed by atoms with E-state index < -0.39 is 0 Å². The molecule has 1 aromatic carbocycles. The number of H-pyrrole nitrogens is 1. The highest BCUT2D eigenvalue weighted by Crippen LogP contribution is 2.25. The van der Waals surface area contributed by atoms with Crippen LogP contribution in [-0.2, 0) is 11.3 Å². The Kier molecular flexibility index (Phi) is 6.39. The van der Waals surface area contributed by atoms with E-state index in [-0.39, 0.29) is 29.8 Å². The zero-order valence-electron chi connectivity index (χ0n) is 19.1. The Labute approximate surface area is 191 Å². The van der Waals surface area contributed by atoms with Crippen LogP contribution in [0, 0.1) is 20.8 Å². The first-order valence-electron chi connectivity index (χ1n) is 11.1. The minimum atomic E-state index is -0.257. The van der Waals surface area contributed by atoms with E-state index in [0.29, 0.717) is 41.4 Å². The number of anilines is 1. The van der Waals surface area contributed by atoms with Crippen LogP contribution in [0.15, 0.2) is 41.3 Å². The number of piperidine rings is 1. The number of carbonyl (C=O) groups excluding carboxylic acids is 2. The van der Waals surface area contributed by atoms with Crippen LogP contribution in [0.4, 0.5) is 5.69 Å². The number of para-hydroxylation sites is 1. The van der Waals surface area contributed by atoms with Crippen molar-refractivity contribution in [3.8, 4) is 0 Å². The maximum atomic E-state index is 12.9. The molecule has 0 radical (unpaired) electrons. The molecule has 2 aromatic heterocycles. The van der Waals surface area contributed by atoms with Crippen molar-refractivity contribution in [2.45, 2.75) is 46.1 Å². The molecule has 1 aliphatic heterocycles. The third kappa shape index (κ3) is 4.87. The van der Waals surface area contributed by atoms with Crippen molar-refractivity contribution in [2.75, 3.05) is 18.4 Å². The fraction of sp³-hybridized carbons (Fsp3) is 0.375. The highest BCUT2D eigenvalue weighted by Gasteiger charge is 2.28. The zero-order valence-corrected chi connectivity index (χ0v) is 19.1. The number of nitrogens with one attached hydrogen (secondary N) is 2. The molecule has 9 heteroatoms. The summed E-state index contributed by atoms with van der Waals surface area (Å²) in [6.07, 6.45) is 3.24. The molecule has 0 aliphatic carbocycles. The van der Waals surface area contributed by atoms with Crippen LogP contribution >= 0.6 is 0 Å². The van der Waals surface area contributed by atoms with Gasteiger partial charge in [-0.3, -0.25) is 19.5 Å². The van der Waals surface area contributed by atoms with Gasteiger partial charge < -0.3 is 10.2 Å². The fourth-order valence-electron chi connectivity index (χ4n) is 4.09. The van der Waals surface area contributed by atoms with Gasteiger partial charge in [0.15, 0.2) is 0 Å². The van der Waals surface area contributed by atoms with Crippen molar-refractivity contribution >= 4 is 17.5 Å². The second kappa shape index (κ2) is 9.40. The second-order valence-electron chi connectivity index (χ2n) is 8.48. The highest BCUT2D eigenvalue weighted by molar-refractivity contribution is 6.04. The number of amides is 2. The normalized spacial score (nSPS) is 16.0. The largest absolute Gasteiger partial charge is 0.340 e. The maximum Gasteiger partial charge on any atom is 0.270 e. The number of hydrogen-bond donors (Lipinski definition) is 2. The van der Waals surface area contributed by atoms with Gasteiger partial charge >= 0.3 is 0 Å². The first-order chi connectivity index (χ1) is 15.8. The summed E-state index contributed by atoms with van der Waals surface area (Å²) in [5, 5.41) is 5.81. The molecule has 3 heterocycles. The van der Waals surface area contributed by atoms with Gasteiger partial charge in [0.1, 0.15) is 12.4 Å². The van der Waals surface area contributed by atoms with Crippen molar-refractivity contribution < 1.29 is 9.59 Å². The lowest BCUT2D eigenvalue weighted by atomic mass is 9.96. The molecule has 0 spiro atoms. The first-order valence-corrected chi connectivity index (χ1v) is 11.1. The molecule has 0 saturated carbocycles. The minimum absolute atomic E-state index is 0.0152. The standard InChI is InChI=1S/C24H28N6O3/c1-15-16(2)28-30(24(15)33)14-21(31)29-11-7-8-18(13-29)22-25-12-20(17(3)26-22)23(32)27-19-9-5-4-6-10-19/h4-6,9-10,12,18,28H,7-8,11,13-14H2,1-3H3,(H,27,32)/t18-/m1/s1. The molecule has 1 atom stereocenters. The van der Waals surface area contributed by atoms with Crippen LogP contribution in [0.1, 0.15) is 51.9 Å². The molecule has 172 valence electrons. The molecule has 2 amide bonds. The Morgan fingerprint density at radius 1 is 1.18 bits per heavy atom. The Bertz CT molecular complexity index is 1230. The van der Waals surface area contributed by atoms with E-state index in [4.69, 9.17) is 0 Å². The topological polar surface area (TPSA) is 113 Å². The lowest BCUT2D eigenvalue weighted by Crippen LogP contribution is -2.42. The predicted octanol–water partition coefficient (Wildman–Crippen LogP) is 2.55. The monoisotopic (exact) mass is 448 g/mol. The molecule has 0 bridgehead atoms. The summed E-state index contributed by atoms with van der Waals surface area (Å²) < 4.78 is 1.36. The molecule has 1 fully saturated rings. The van der Waals surface area contributed by atoms with Crippen LogP contribution in [0.25, 0.3) is 0 Å². The molecule has 3 aromatic rings. The van der Waals surface area contributed by atoms with Gasteiger partial charge in [-0.15, -0.1) is 0 Å². The number of nitrogens with zero attached hydrogens (tertiary/aromatic N) is 4. The number of carbonyl (C=O) groups is 2. The van der Waals surface area contributed by atoms with E-state index in [2.05, 4.69) is 20.4 Å². The van der Waals surface area contributed by atoms with Gasteiger partial charge in [-0.25, -0.2) is 14.6 Å². The van der Waals surface area contributed by atoms with Gasteiger partial charge in [-0.1, -0.05) is 18.2 Å². The molecule has 33 heavy (non-hydrogen) atoms. The third-order valence-electron chi connectivity index (χ3n) is 6.14. The number of aromatic amines is 1. The molecule has 0 unspecified atom stereocenters. The summed E-state index contributed by atoms with van der Waals surface area (Å²) in [5.74, 6) is 0.243. The van der Waals surface area contributed by atoms with Gasteiger partial charge in [-0.05, 0) is 45.7 Å². The number of aromatic nitrogens is 4. The number of hydrogen-bond acceptors (Lipinski definition) is 5. The third-order valence-corrected chi connectivity index (χ3v) is 6.14. The van der Waals surface area contributed by atoms with Crippen LogP contribution in [0.3, 0.4) is 0 Å². The van der Waals surface area contributed by atoms with Gasteiger partial charge in [-0.2, -0.15) is 0 Å². The fourth-order valence-corrected chi connectivity index (χ4v) is 4.09. The van der Waals surface area contributed by atoms with Crippen molar-refractivity contribution in [3.63, 3.8) is 0 Å². The van der Waals surface area contributed by atoms with Crippen LogP contribution in [0.2, 0.25) is 0 Å². The number of likely N-dealkylation sites (tertiary alicyclic amines) is 1. The molecule has 1 saturated heterocycles. The van der Waals surface area contributed by atoms with E-state index in [1.165, 1.54) is 4.68 Å². The lowest BCUT2D eigenvalue weighted by molar-refractivity contribution is -0.133. The van der Waals surface area contributed by atoms with Crippen LogP contribution < -0.4 is 10.9 Å². The lowest BCUT2D eigenvalue weighted by Gasteiger charge is -2.32. The zero-order chi connectivity index (χ0) is 23.5. The van der Waals surface area contributed by atoms with Gasteiger partial charge in [0.05, 0.1) is 11.3 Å². The average Bonchev–Trinajstić information content (AvgIpc) is 3.06. The quantitative estimate of drug-likeness (QED) is 0.623. The Hall–Kier alpha value is -3.75. The van der Waals surface area contributed by atoms with E-state index in [0.717, 1.165) is 18.5 Å². The summed E-state index contributed by atoms with van der Waals surface area (Å²) in [7, 11) is 0. The van der Waals surface area contributed by atoms with Crippen molar-refractivity contribution in [1.29, 1.82) is 0 Å². The summed E-state index contributed by atoms with van der Waals surface area (Å²) >= 11 is 0. The van der Waals surface area contributed by atoms with Crippen molar-refractivity contribution in [3.05, 3.63) is 75.2 Å². The number of rotatable bonds is 5. The summed E-state index contributed by atoms with van der Waals surface area (Å²) in [6.45, 7) is 6.46. The number of benzene rings is 1. The van der Waals surface area contributed by atoms with Crippen molar-refractivity contribution in [1.82, 2.24) is 24.6 Å². The molecular weight excluding hydrogens is 420 g/mol. The summed E-state index contributed by atoms with van der Waals surface area (Å²) in [5.41, 5.74) is 2.95.